The molecule has 21 heavy (non-hydrogen) atoms. The smallest absolute Gasteiger partial charge is 0.339 e. The Labute approximate surface area is 128 Å². The molecule has 0 heterocycles. The van der Waals surface area contributed by atoms with Crippen LogP contribution in [0.3, 0.4) is 0 Å². The van der Waals surface area contributed by atoms with E-state index in [1.807, 2.05) is 0 Å². The van der Waals surface area contributed by atoms with Crippen molar-refractivity contribution in [1.82, 2.24) is 0 Å². The SMILES string of the molecule is NCC1CCCCC1C(=O)Nc1cccc(Cl)c1C(=O)O. The Bertz CT molecular complexity index is 548. The summed E-state index contributed by atoms with van der Waals surface area (Å²) in [7, 11) is 0. The summed E-state index contributed by atoms with van der Waals surface area (Å²) in [6.45, 7) is 0.472. The second-order valence-electron chi connectivity index (χ2n) is 5.34. The van der Waals surface area contributed by atoms with E-state index in [4.69, 9.17) is 17.3 Å². The highest BCUT2D eigenvalue weighted by Gasteiger charge is 2.30. The molecule has 0 radical (unpaired) electrons. The molecule has 4 N–H and O–H groups in total. The third kappa shape index (κ3) is 3.54. The number of carbonyl (C=O) groups is 2. The molecule has 5 nitrogen and oxygen atoms in total. The molecular weight excluding hydrogens is 292 g/mol. The lowest BCUT2D eigenvalue weighted by Gasteiger charge is -2.29. The van der Waals surface area contributed by atoms with Crippen LogP contribution in [0.4, 0.5) is 5.69 Å². The van der Waals surface area contributed by atoms with E-state index in [9.17, 15) is 14.7 Å². The first kappa shape index (κ1) is 15.8. The van der Waals surface area contributed by atoms with Crippen LogP contribution >= 0.6 is 11.6 Å². The quantitative estimate of drug-likeness (QED) is 0.797. The van der Waals surface area contributed by atoms with Gasteiger partial charge >= 0.3 is 5.97 Å². The molecule has 1 fully saturated rings. The van der Waals surface area contributed by atoms with Crippen LogP contribution in [0.15, 0.2) is 18.2 Å². The van der Waals surface area contributed by atoms with Gasteiger partial charge in [0.05, 0.1) is 10.7 Å². The van der Waals surface area contributed by atoms with Crippen molar-refractivity contribution in [1.29, 1.82) is 0 Å². The van der Waals surface area contributed by atoms with E-state index >= 15 is 0 Å². The number of aromatic carboxylic acids is 1. The second kappa shape index (κ2) is 6.91. The van der Waals surface area contributed by atoms with Gasteiger partial charge in [0.25, 0.3) is 0 Å². The minimum absolute atomic E-state index is 0.0763. The molecule has 1 aliphatic rings. The number of carboxylic acids is 1. The van der Waals surface area contributed by atoms with E-state index in [1.54, 1.807) is 12.1 Å². The van der Waals surface area contributed by atoms with E-state index in [0.29, 0.717) is 6.54 Å². The monoisotopic (exact) mass is 310 g/mol. The summed E-state index contributed by atoms with van der Waals surface area (Å²) in [6.07, 6.45) is 3.81. The maximum absolute atomic E-state index is 12.4. The largest absolute Gasteiger partial charge is 0.478 e. The number of nitrogens with two attached hydrogens (primary N) is 1. The number of hydrogen-bond donors (Lipinski definition) is 3. The molecule has 0 aromatic heterocycles. The van der Waals surface area contributed by atoms with Crippen LogP contribution in [0, 0.1) is 11.8 Å². The summed E-state index contributed by atoms with van der Waals surface area (Å²) in [6, 6.07) is 4.66. The lowest BCUT2D eigenvalue weighted by atomic mass is 9.78. The van der Waals surface area contributed by atoms with E-state index < -0.39 is 5.97 Å². The van der Waals surface area contributed by atoms with Crippen molar-refractivity contribution >= 4 is 29.2 Å². The Balaban J connectivity index is 2.19. The van der Waals surface area contributed by atoms with Gasteiger partial charge in [0, 0.05) is 5.92 Å². The number of benzene rings is 1. The number of anilines is 1. The molecule has 0 aliphatic heterocycles. The minimum atomic E-state index is -1.16. The van der Waals surface area contributed by atoms with Crippen molar-refractivity contribution in [2.45, 2.75) is 25.7 Å². The normalized spacial score (nSPS) is 21.8. The zero-order valence-corrected chi connectivity index (χ0v) is 12.4. The summed E-state index contributed by atoms with van der Waals surface area (Å²) in [5.74, 6) is -1.33. The van der Waals surface area contributed by atoms with Crippen LogP contribution in [-0.4, -0.2) is 23.5 Å². The molecule has 6 heteroatoms. The zero-order valence-electron chi connectivity index (χ0n) is 11.6. The molecule has 1 aliphatic carbocycles. The van der Waals surface area contributed by atoms with Gasteiger partial charge in [-0.3, -0.25) is 4.79 Å². The maximum atomic E-state index is 12.4. The molecule has 114 valence electrons. The number of hydrogen-bond acceptors (Lipinski definition) is 3. The third-order valence-corrected chi connectivity index (χ3v) is 4.35. The Kier molecular flexibility index (Phi) is 5.20. The molecule has 0 saturated heterocycles. The van der Waals surface area contributed by atoms with Gasteiger partial charge in [0.15, 0.2) is 0 Å². The molecule has 1 aromatic rings. The minimum Gasteiger partial charge on any atom is -0.478 e. The Morgan fingerprint density at radius 3 is 2.71 bits per heavy atom. The molecule has 1 saturated carbocycles. The summed E-state index contributed by atoms with van der Waals surface area (Å²) >= 11 is 5.90. The van der Waals surface area contributed by atoms with Crippen molar-refractivity contribution in [2.75, 3.05) is 11.9 Å². The Morgan fingerprint density at radius 2 is 2.05 bits per heavy atom. The van der Waals surface area contributed by atoms with Crippen LogP contribution in [0.2, 0.25) is 5.02 Å². The van der Waals surface area contributed by atoms with E-state index in [-0.39, 0.29) is 34.0 Å². The van der Waals surface area contributed by atoms with Crippen LogP contribution in [0.1, 0.15) is 36.0 Å². The third-order valence-electron chi connectivity index (χ3n) is 4.03. The van der Waals surface area contributed by atoms with Crippen LogP contribution in [-0.2, 0) is 4.79 Å². The number of carbonyl (C=O) groups excluding carboxylic acids is 1. The molecule has 0 spiro atoms. The fraction of sp³-hybridized carbons (Fsp3) is 0.467. The van der Waals surface area contributed by atoms with Gasteiger partial charge in [-0.15, -0.1) is 0 Å². The van der Waals surface area contributed by atoms with Gasteiger partial charge in [-0.05, 0) is 37.4 Å². The van der Waals surface area contributed by atoms with Crippen molar-refractivity contribution < 1.29 is 14.7 Å². The van der Waals surface area contributed by atoms with Crippen molar-refractivity contribution in [3.63, 3.8) is 0 Å². The van der Waals surface area contributed by atoms with Crippen LogP contribution in [0.25, 0.3) is 0 Å². The fourth-order valence-electron chi connectivity index (χ4n) is 2.91. The van der Waals surface area contributed by atoms with Gasteiger partial charge < -0.3 is 16.2 Å². The highest BCUT2D eigenvalue weighted by Crippen LogP contribution is 2.31. The number of halogens is 1. The van der Waals surface area contributed by atoms with Crippen LogP contribution < -0.4 is 11.1 Å². The average molecular weight is 311 g/mol. The molecule has 0 bridgehead atoms. The predicted molar refractivity (Wildman–Crippen MR) is 81.5 cm³/mol. The number of carboxylic acid groups (broad SMARTS) is 1. The molecule has 2 rings (SSSR count). The topological polar surface area (TPSA) is 92.4 Å². The summed E-state index contributed by atoms with van der Waals surface area (Å²) in [5.41, 5.74) is 5.89. The first-order valence-electron chi connectivity index (χ1n) is 7.07. The molecular formula is C15H19ClN2O3. The Morgan fingerprint density at radius 1 is 1.33 bits per heavy atom. The van der Waals surface area contributed by atoms with Gasteiger partial charge in [-0.25, -0.2) is 4.79 Å². The summed E-state index contributed by atoms with van der Waals surface area (Å²) in [5, 5.41) is 12.0. The second-order valence-corrected chi connectivity index (χ2v) is 5.75. The lowest BCUT2D eigenvalue weighted by Crippen LogP contribution is -2.36. The van der Waals surface area contributed by atoms with E-state index in [1.165, 1.54) is 6.07 Å². The van der Waals surface area contributed by atoms with Crippen molar-refractivity contribution in [2.24, 2.45) is 17.6 Å². The Hall–Kier alpha value is -1.59. The van der Waals surface area contributed by atoms with Gasteiger partial charge in [-0.1, -0.05) is 30.5 Å². The zero-order chi connectivity index (χ0) is 15.4. The van der Waals surface area contributed by atoms with Crippen molar-refractivity contribution in [3.8, 4) is 0 Å². The summed E-state index contributed by atoms with van der Waals surface area (Å²) in [4.78, 5) is 23.7. The number of nitrogens with one attached hydrogen (secondary N) is 1. The van der Waals surface area contributed by atoms with Gasteiger partial charge in [-0.2, -0.15) is 0 Å². The fourth-order valence-corrected chi connectivity index (χ4v) is 3.16. The molecule has 2 unspecified atom stereocenters. The molecule has 2 atom stereocenters. The highest BCUT2D eigenvalue weighted by molar-refractivity contribution is 6.34. The lowest BCUT2D eigenvalue weighted by molar-refractivity contribution is -0.122. The number of rotatable bonds is 4. The maximum Gasteiger partial charge on any atom is 0.339 e. The van der Waals surface area contributed by atoms with Gasteiger partial charge in [0.2, 0.25) is 5.91 Å². The van der Waals surface area contributed by atoms with E-state index in [0.717, 1.165) is 25.7 Å². The average Bonchev–Trinajstić information content (AvgIpc) is 2.46. The number of amides is 1. The standard InChI is InChI=1S/C15H19ClN2O3/c16-11-6-3-7-12(13(11)15(20)21)18-14(19)10-5-2-1-4-9(10)8-17/h3,6-7,9-10H,1-2,4-5,8,17H2,(H,18,19)(H,20,21). The highest BCUT2D eigenvalue weighted by atomic mass is 35.5. The first-order valence-corrected chi connectivity index (χ1v) is 7.45. The van der Waals surface area contributed by atoms with Crippen LogP contribution in [0.5, 0.6) is 0 Å². The van der Waals surface area contributed by atoms with E-state index in [2.05, 4.69) is 5.32 Å². The predicted octanol–water partition coefficient (Wildman–Crippen LogP) is 2.74. The molecule has 1 aromatic carbocycles. The summed E-state index contributed by atoms with van der Waals surface area (Å²) < 4.78 is 0. The first-order chi connectivity index (χ1) is 10.0. The van der Waals surface area contributed by atoms with Gasteiger partial charge in [0.1, 0.15) is 5.56 Å². The molecule has 1 amide bonds. The van der Waals surface area contributed by atoms with Crippen molar-refractivity contribution in [3.05, 3.63) is 28.8 Å².